The molecule has 0 saturated carbocycles. The van der Waals surface area contributed by atoms with Gasteiger partial charge in [0.05, 0.1) is 17.1 Å². The summed E-state index contributed by atoms with van der Waals surface area (Å²) in [5, 5.41) is 6.89. The van der Waals surface area contributed by atoms with E-state index in [4.69, 9.17) is 5.73 Å². The van der Waals surface area contributed by atoms with Crippen molar-refractivity contribution >= 4 is 5.69 Å². The van der Waals surface area contributed by atoms with Gasteiger partial charge in [-0.1, -0.05) is 6.07 Å². The maximum atomic E-state index is 5.80. The lowest BCUT2D eigenvalue weighted by Gasteiger charge is -1.95. The highest BCUT2D eigenvalue weighted by Crippen LogP contribution is 2.22. The summed E-state index contributed by atoms with van der Waals surface area (Å²) in [4.78, 5) is 4.16. The molecule has 0 saturated heterocycles. The largest absolute Gasteiger partial charge is 0.395 e. The normalized spacial score (nSPS) is 10.2. The molecule has 0 aromatic carbocycles. The second kappa shape index (κ2) is 2.90. The smallest absolute Gasteiger partial charge is 0.134 e. The molecular formula is C9H10N4. The first-order valence-electron chi connectivity index (χ1n) is 4.01. The van der Waals surface area contributed by atoms with Crippen LogP contribution in [-0.4, -0.2) is 15.2 Å². The molecule has 4 heteroatoms. The van der Waals surface area contributed by atoms with Gasteiger partial charge in [-0.05, 0) is 19.1 Å². The Labute approximate surface area is 75.8 Å². The fourth-order valence-electron chi connectivity index (χ4n) is 1.14. The van der Waals surface area contributed by atoms with Gasteiger partial charge in [0.1, 0.15) is 5.69 Å². The number of nitrogens with one attached hydrogen (secondary N) is 1. The maximum Gasteiger partial charge on any atom is 0.134 e. The Hall–Kier alpha value is -1.84. The monoisotopic (exact) mass is 174 g/mol. The van der Waals surface area contributed by atoms with Crippen LogP contribution in [0.5, 0.6) is 0 Å². The van der Waals surface area contributed by atoms with Gasteiger partial charge in [-0.2, -0.15) is 5.10 Å². The molecule has 66 valence electrons. The highest BCUT2D eigenvalue weighted by atomic mass is 15.1. The third kappa shape index (κ3) is 1.26. The fourth-order valence-corrected chi connectivity index (χ4v) is 1.14. The second-order valence-corrected chi connectivity index (χ2v) is 2.83. The molecule has 0 unspecified atom stereocenters. The van der Waals surface area contributed by atoms with E-state index in [-0.39, 0.29) is 0 Å². The Kier molecular flexibility index (Phi) is 1.73. The summed E-state index contributed by atoms with van der Waals surface area (Å²) in [6.07, 6.45) is 1.72. The molecule has 0 bridgehead atoms. The molecule has 2 aromatic rings. The summed E-state index contributed by atoms with van der Waals surface area (Å²) >= 11 is 0. The van der Waals surface area contributed by atoms with Gasteiger partial charge in [0.25, 0.3) is 0 Å². The van der Waals surface area contributed by atoms with E-state index in [0.29, 0.717) is 5.69 Å². The Morgan fingerprint density at radius 1 is 1.38 bits per heavy atom. The molecule has 0 aliphatic carbocycles. The molecule has 0 fully saturated rings. The van der Waals surface area contributed by atoms with Crippen LogP contribution in [0.2, 0.25) is 0 Å². The van der Waals surface area contributed by atoms with Gasteiger partial charge in [0, 0.05) is 6.20 Å². The summed E-state index contributed by atoms with van der Waals surface area (Å²) in [7, 11) is 0. The molecule has 0 amide bonds. The van der Waals surface area contributed by atoms with E-state index in [1.54, 1.807) is 6.20 Å². The van der Waals surface area contributed by atoms with Crippen LogP contribution in [0.3, 0.4) is 0 Å². The van der Waals surface area contributed by atoms with Crippen molar-refractivity contribution in [3.63, 3.8) is 0 Å². The number of aryl methyl sites for hydroxylation is 1. The number of pyridine rings is 1. The summed E-state index contributed by atoms with van der Waals surface area (Å²) < 4.78 is 0. The minimum absolute atomic E-state index is 0.665. The molecule has 0 radical (unpaired) electrons. The minimum Gasteiger partial charge on any atom is -0.395 e. The standard InChI is InChI=1S/C9H10N4/c1-6-8(10)9(13-12-6)7-4-2-3-5-11-7/h2-5H,10H2,1H3,(H,12,13). The van der Waals surface area contributed by atoms with Gasteiger partial charge in [0.15, 0.2) is 0 Å². The number of aromatic nitrogens is 3. The number of aromatic amines is 1. The first-order valence-corrected chi connectivity index (χ1v) is 4.01. The number of hydrogen-bond acceptors (Lipinski definition) is 3. The maximum absolute atomic E-state index is 5.80. The van der Waals surface area contributed by atoms with Crippen molar-refractivity contribution in [2.45, 2.75) is 6.92 Å². The molecule has 3 N–H and O–H groups in total. The van der Waals surface area contributed by atoms with Crippen LogP contribution in [0, 0.1) is 6.92 Å². The van der Waals surface area contributed by atoms with Crippen LogP contribution < -0.4 is 5.73 Å². The van der Waals surface area contributed by atoms with Gasteiger partial charge in [-0.15, -0.1) is 0 Å². The molecule has 13 heavy (non-hydrogen) atoms. The van der Waals surface area contributed by atoms with Crippen LogP contribution >= 0.6 is 0 Å². The van der Waals surface area contributed by atoms with E-state index in [1.807, 2.05) is 25.1 Å². The molecule has 0 aliphatic heterocycles. The van der Waals surface area contributed by atoms with Crippen LogP contribution in [-0.2, 0) is 0 Å². The summed E-state index contributed by atoms with van der Waals surface area (Å²) in [6, 6.07) is 5.65. The van der Waals surface area contributed by atoms with Crippen LogP contribution in [0.15, 0.2) is 24.4 Å². The first-order chi connectivity index (χ1) is 6.29. The van der Waals surface area contributed by atoms with Gasteiger partial charge < -0.3 is 5.73 Å². The molecular weight excluding hydrogens is 164 g/mol. The molecule has 0 atom stereocenters. The summed E-state index contributed by atoms with van der Waals surface area (Å²) in [6.45, 7) is 1.88. The van der Waals surface area contributed by atoms with E-state index in [9.17, 15) is 0 Å². The van der Waals surface area contributed by atoms with Crippen molar-refractivity contribution in [2.24, 2.45) is 0 Å². The van der Waals surface area contributed by atoms with Crippen molar-refractivity contribution in [1.82, 2.24) is 15.2 Å². The molecule has 0 aliphatic rings. The lowest BCUT2D eigenvalue weighted by atomic mass is 10.2. The van der Waals surface area contributed by atoms with Gasteiger partial charge in [-0.3, -0.25) is 10.1 Å². The Morgan fingerprint density at radius 2 is 2.23 bits per heavy atom. The van der Waals surface area contributed by atoms with E-state index in [2.05, 4.69) is 15.2 Å². The highest BCUT2D eigenvalue weighted by molar-refractivity contribution is 5.71. The zero-order valence-electron chi connectivity index (χ0n) is 7.28. The van der Waals surface area contributed by atoms with E-state index >= 15 is 0 Å². The number of nitrogen functional groups attached to an aromatic ring is 1. The lowest BCUT2D eigenvalue weighted by molar-refractivity contribution is 1.05. The lowest BCUT2D eigenvalue weighted by Crippen LogP contribution is -1.90. The predicted octanol–water partition coefficient (Wildman–Crippen LogP) is 1.36. The van der Waals surface area contributed by atoms with Crippen LogP contribution in [0.25, 0.3) is 11.4 Å². The number of nitrogens with zero attached hydrogens (tertiary/aromatic N) is 2. The number of hydrogen-bond donors (Lipinski definition) is 2. The highest BCUT2D eigenvalue weighted by Gasteiger charge is 2.08. The van der Waals surface area contributed by atoms with Crippen LogP contribution in [0.1, 0.15) is 5.69 Å². The quantitative estimate of drug-likeness (QED) is 0.686. The molecule has 2 heterocycles. The van der Waals surface area contributed by atoms with Crippen molar-refractivity contribution in [2.75, 3.05) is 5.73 Å². The number of H-pyrrole nitrogens is 1. The SMILES string of the molecule is Cc1[nH]nc(-c2ccccn2)c1N. The molecule has 0 spiro atoms. The summed E-state index contributed by atoms with van der Waals surface area (Å²) in [5.74, 6) is 0. The van der Waals surface area contributed by atoms with Crippen molar-refractivity contribution < 1.29 is 0 Å². The zero-order valence-corrected chi connectivity index (χ0v) is 7.28. The minimum atomic E-state index is 0.665. The number of anilines is 1. The molecule has 4 nitrogen and oxygen atoms in total. The van der Waals surface area contributed by atoms with E-state index < -0.39 is 0 Å². The number of nitrogens with two attached hydrogens (primary N) is 1. The van der Waals surface area contributed by atoms with E-state index in [0.717, 1.165) is 17.1 Å². The van der Waals surface area contributed by atoms with Gasteiger partial charge in [0.2, 0.25) is 0 Å². The summed E-state index contributed by atoms with van der Waals surface area (Å²) in [5.41, 5.74) is 8.86. The second-order valence-electron chi connectivity index (χ2n) is 2.83. The first kappa shape index (κ1) is 7.79. The van der Waals surface area contributed by atoms with Crippen LogP contribution in [0.4, 0.5) is 5.69 Å². The topological polar surface area (TPSA) is 67.6 Å². The van der Waals surface area contributed by atoms with Gasteiger partial charge >= 0.3 is 0 Å². The average Bonchev–Trinajstić information content (AvgIpc) is 2.49. The van der Waals surface area contributed by atoms with Crippen molar-refractivity contribution in [1.29, 1.82) is 0 Å². The zero-order chi connectivity index (χ0) is 9.26. The molecule has 2 aromatic heterocycles. The Morgan fingerprint density at radius 3 is 2.77 bits per heavy atom. The van der Waals surface area contributed by atoms with Crippen molar-refractivity contribution in [3.05, 3.63) is 30.1 Å². The fraction of sp³-hybridized carbons (Fsp3) is 0.111. The average molecular weight is 174 g/mol. The van der Waals surface area contributed by atoms with Gasteiger partial charge in [-0.25, -0.2) is 0 Å². The molecule has 2 rings (SSSR count). The van der Waals surface area contributed by atoms with Crippen molar-refractivity contribution in [3.8, 4) is 11.4 Å². The third-order valence-electron chi connectivity index (χ3n) is 1.90. The van der Waals surface area contributed by atoms with E-state index in [1.165, 1.54) is 0 Å². The number of rotatable bonds is 1. The Bertz CT molecular complexity index is 405. The predicted molar refractivity (Wildman–Crippen MR) is 51.0 cm³/mol. The third-order valence-corrected chi connectivity index (χ3v) is 1.90. The Balaban J connectivity index is 2.53.